The number of benzene rings is 3. The molecule has 32 heavy (non-hydrogen) atoms. The Morgan fingerprint density at radius 2 is 1.69 bits per heavy atom. The highest BCUT2D eigenvalue weighted by Crippen LogP contribution is 2.27. The molecule has 0 aliphatic carbocycles. The number of amides is 1. The van der Waals surface area contributed by atoms with Crippen LogP contribution in [-0.2, 0) is 14.8 Å². The minimum Gasteiger partial charge on any atom is -0.490 e. The van der Waals surface area contributed by atoms with Crippen LogP contribution in [0.15, 0.2) is 77.7 Å². The van der Waals surface area contributed by atoms with Gasteiger partial charge >= 0.3 is 0 Å². The third kappa shape index (κ3) is 5.81. The van der Waals surface area contributed by atoms with Gasteiger partial charge in [0.15, 0.2) is 0 Å². The molecular formula is C24H25ClN2O4S. The van der Waals surface area contributed by atoms with Crippen LogP contribution in [0.5, 0.6) is 5.75 Å². The SMILES string of the molecule is Cc1ccc(N(CC(=O)NCCOc2ccccc2Cl)S(=O)(=O)c2ccccc2)c(C)c1. The number of carbonyl (C=O) groups is 1. The maximum Gasteiger partial charge on any atom is 0.264 e. The average Bonchev–Trinajstić information content (AvgIpc) is 2.77. The van der Waals surface area contributed by atoms with Crippen molar-refractivity contribution in [2.75, 3.05) is 24.0 Å². The van der Waals surface area contributed by atoms with Crippen LogP contribution < -0.4 is 14.4 Å². The van der Waals surface area contributed by atoms with Crippen molar-refractivity contribution in [1.29, 1.82) is 0 Å². The topological polar surface area (TPSA) is 75.7 Å². The molecule has 1 amide bonds. The Morgan fingerprint density at radius 1 is 1.00 bits per heavy atom. The molecule has 0 aromatic heterocycles. The van der Waals surface area contributed by atoms with Crippen LogP contribution in [0.4, 0.5) is 5.69 Å². The second kappa shape index (κ2) is 10.5. The summed E-state index contributed by atoms with van der Waals surface area (Å²) in [6, 6.07) is 20.6. The fraction of sp³-hybridized carbons (Fsp3) is 0.208. The molecule has 8 heteroatoms. The minimum atomic E-state index is -3.94. The summed E-state index contributed by atoms with van der Waals surface area (Å²) in [7, 11) is -3.94. The Kier molecular flexibility index (Phi) is 7.77. The number of ether oxygens (including phenoxy) is 1. The number of anilines is 1. The summed E-state index contributed by atoms with van der Waals surface area (Å²) < 4.78 is 33.4. The normalized spacial score (nSPS) is 11.1. The fourth-order valence-electron chi connectivity index (χ4n) is 3.20. The summed E-state index contributed by atoms with van der Waals surface area (Å²) in [6.45, 7) is 3.80. The molecule has 3 aromatic rings. The van der Waals surface area contributed by atoms with Crippen LogP contribution >= 0.6 is 11.6 Å². The van der Waals surface area contributed by atoms with Crippen LogP contribution in [0.2, 0.25) is 5.02 Å². The Bertz CT molecular complexity index is 1180. The van der Waals surface area contributed by atoms with Gasteiger partial charge in [-0.3, -0.25) is 9.10 Å². The van der Waals surface area contributed by atoms with Gasteiger partial charge in [0.2, 0.25) is 5.91 Å². The molecule has 0 unspecified atom stereocenters. The van der Waals surface area contributed by atoms with Crippen molar-refractivity contribution in [2.45, 2.75) is 18.7 Å². The van der Waals surface area contributed by atoms with E-state index in [1.807, 2.05) is 26.0 Å². The lowest BCUT2D eigenvalue weighted by molar-refractivity contribution is -0.119. The van der Waals surface area contributed by atoms with E-state index in [-0.39, 0.29) is 24.6 Å². The molecule has 0 spiro atoms. The number of carbonyl (C=O) groups excluding carboxylic acids is 1. The van der Waals surface area contributed by atoms with Gasteiger partial charge in [0.1, 0.15) is 18.9 Å². The molecular weight excluding hydrogens is 448 g/mol. The van der Waals surface area contributed by atoms with Crippen molar-refractivity contribution in [2.24, 2.45) is 0 Å². The monoisotopic (exact) mass is 472 g/mol. The predicted octanol–water partition coefficient (Wildman–Crippen LogP) is 4.35. The molecule has 0 saturated carbocycles. The average molecular weight is 473 g/mol. The van der Waals surface area contributed by atoms with E-state index < -0.39 is 15.9 Å². The maximum absolute atomic E-state index is 13.4. The van der Waals surface area contributed by atoms with Gasteiger partial charge in [0, 0.05) is 0 Å². The van der Waals surface area contributed by atoms with E-state index in [2.05, 4.69) is 5.32 Å². The lowest BCUT2D eigenvalue weighted by Gasteiger charge is -2.26. The van der Waals surface area contributed by atoms with Gasteiger partial charge in [-0.25, -0.2) is 8.42 Å². The van der Waals surface area contributed by atoms with Gasteiger partial charge in [0.25, 0.3) is 10.0 Å². The summed E-state index contributed by atoms with van der Waals surface area (Å²) in [6.07, 6.45) is 0. The van der Waals surface area contributed by atoms with E-state index in [4.69, 9.17) is 16.3 Å². The highest BCUT2D eigenvalue weighted by molar-refractivity contribution is 7.92. The van der Waals surface area contributed by atoms with Crippen molar-refractivity contribution in [1.82, 2.24) is 5.32 Å². The summed E-state index contributed by atoms with van der Waals surface area (Å²) in [5.74, 6) is 0.0826. The third-order valence-corrected chi connectivity index (χ3v) is 6.84. The number of hydrogen-bond donors (Lipinski definition) is 1. The molecule has 0 bridgehead atoms. The molecule has 6 nitrogen and oxygen atoms in total. The van der Waals surface area contributed by atoms with E-state index in [0.29, 0.717) is 16.5 Å². The number of aryl methyl sites for hydroxylation is 2. The molecule has 3 rings (SSSR count). The zero-order chi connectivity index (χ0) is 23.1. The standard InChI is InChI=1S/C24H25ClN2O4S/c1-18-12-13-22(19(2)16-18)27(32(29,30)20-8-4-3-5-9-20)17-24(28)26-14-15-31-23-11-7-6-10-21(23)25/h3-13,16H,14-15,17H2,1-2H3,(H,26,28). The number of para-hydroxylation sites is 1. The van der Waals surface area contributed by atoms with Crippen molar-refractivity contribution in [3.63, 3.8) is 0 Å². The smallest absolute Gasteiger partial charge is 0.264 e. The van der Waals surface area contributed by atoms with E-state index in [1.54, 1.807) is 48.5 Å². The number of sulfonamides is 1. The van der Waals surface area contributed by atoms with Gasteiger partial charge < -0.3 is 10.1 Å². The lowest BCUT2D eigenvalue weighted by atomic mass is 10.1. The summed E-state index contributed by atoms with van der Waals surface area (Å²) in [5.41, 5.74) is 2.23. The van der Waals surface area contributed by atoms with Crippen LogP contribution in [0.25, 0.3) is 0 Å². The zero-order valence-electron chi connectivity index (χ0n) is 17.9. The minimum absolute atomic E-state index is 0.120. The number of nitrogens with one attached hydrogen (secondary N) is 1. The first-order valence-corrected chi connectivity index (χ1v) is 11.9. The molecule has 0 radical (unpaired) electrons. The highest BCUT2D eigenvalue weighted by Gasteiger charge is 2.28. The van der Waals surface area contributed by atoms with E-state index in [9.17, 15) is 13.2 Å². The molecule has 0 saturated heterocycles. The van der Waals surface area contributed by atoms with Crippen LogP contribution in [0.3, 0.4) is 0 Å². The molecule has 3 aromatic carbocycles. The van der Waals surface area contributed by atoms with Crippen molar-refractivity contribution < 1.29 is 17.9 Å². The van der Waals surface area contributed by atoms with Crippen LogP contribution in [0.1, 0.15) is 11.1 Å². The molecule has 0 aliphatic heterocycles. The first kappa shape index (κ1) is 23.6. The predicted molar refractivity (Wildman–Crippen MR) is 127 cm³/mol. The first-order valence-electron chi connectivity index (χ1n) is 10.1. The van der Waals surface area contributed by atoms with Crippen LogP contribution in [-0.4, -0.2) is 34.0 Å². The molecule has 0 heterocycles. The van der Waals surface area contributed by atoms with Crippen molar-refractivity contribution in [3.8, 4) is 5.75 Å². The number of halogens is 1. The number of hydrogen-bond acceptors (Lipinski definition) is 4. The van der Waals surface area contributed by atoms with Crippen LogP contribution in [0, 0.1) is 13.8 Å². The quantitative estimate of drug-likeness (QED) is 0.470. The van der Waals surface area contributed by atoms with Gasteiger partial charge in [-0.1, -0.05) is 59.6 Å². The van der Waals surface area contributed by atoms with Gasteiger partial charge in [0.05, 0.1) is 22.2 Å². The highest BCUT2D eigenvalue weighted by atomic mass is 35.5. The zero-order valence-corrected chi connectivity index (χ0v) is 19.5. The van der Waals surface area contributed by atoms with Gasteiger partial charge in [-0.05, 0) is 49.7 Å². The lowest BCUT2D eigenvalue weighted by Crippen LogP contribution is -2.42. The summed E-state index contributed by atoms with van der Waals surface area (Å²) in [4.78, 5) is 12.8. The molecule has 0 atom stereocenters. The van der Waals surface area contributed by atoms with E-state index in [1.165, 1.54) is 12.1 Å². The summed E-state index contributed by atoms with van der Waals surface area (Å²) in [5, 5.41) is 3.19. The number of nitrogens with zero attached hydrogens (tertiary/aromatic N) is 1. The first-order chi connectivity index (χ1) is 15.3. The molecule has 168 valence electrons. The van der Waals surface area contributed by atoms with Gasteiger partial charge in [-0.15, -0.1) is 0 Å². The Labute approximate surface area is 193 Å². The second-order valence-electron chi connectivity index (χ2n) is 7.24. The molecule has 0 aliphatic rings. The van der Waals surface area contributed by atoms with E-state index >= 15 is 0 Å². The Balaban J connectivity index is 1.74. The largest absolute Gasteiger partial charge is 0.490 e. The Morgan fingerprint density at radius 3 is 2.38 bits per heavy atom. The van der Waals surface area contributed by atoms with Gasteiger partial charge in [-0.2, -0.15) is 0 Å². The fourth-order valence-corrected chi connectivity index (χ4v) is 4.90. The maximum atomic E-state index is 13.4. The second-order valence-corrected chi connectivity index (χ2v) is 9.51. The summed E-state index contributed by atoms with van der Waals surface area (Å²) >= 11 is 6.05. The Hall–Kier alpha value is -3.03. The number of rotatable bonds is 9. The van der Waals surface area contributed by atoms with Crippen molar-refractivity contribution in [3.05, 3.63) is 88.9 Å². The van der Waals surface area contributed by atoms with Crippen molar-refractivity contribution >= 4 is 33.2 Å². The molecule has 0 fully saturated rings. The van der Waals surface area contributed by atoms with E-state index in [0.717, 1.165) is 15.4 Å². The third-order valence-electron chi connectivity index (χ3n) is 4.76. The molecule has 1 N–H and O–H groups in total.